The maximum atomic E-state index is 13.1. The molecule has 1 aromatic rings. The maximum absolute atomic E-state index is 13.1. The van der Waals surface area contributed by atoms with Crippen molar-refractivity contribution in [3.05, 3.63) is 35.0 Å². The van der Waals surface area contributed by atoms with Crippen molar-refractivity contribution in [3.63, 3.8) is 0 Å². The van der Waals surface area contributed by atoms with E-state index < -0.39 is 12.0 Å². The van der Waals surface area contributed by atoms with E-state index in [0.29, 0.717) is 46.9 Å². The predicted molar refractivity (Wildman–Crippen MR) is 117 cm³/mol. The molecule has 1 amide bonds. The summed E-state index contributed by atoms with van der Waals surface area (Å²) in [4.78, 5) is 31.9. The number of hydrogen-bond donors (Lipinski definition) is 0. The summed E-state index contributed by atoms with van der Waals surface area (Å²) in [5.41, 5.74) is 1.64. The van der Waals surface area contributed by atoms with Gasteiger partial charge in [0.2, 0.25) is 5.91 Å². The van der Waals surface area contributed by atoms with Crippen molar-refractivity contribution >= 4 is 28.8 Å². The molecule has 0 saturated carbocycles. The van der Waals surface area contributed by atoms with Gasteiger partial charge in [0.1, 0.15) is 0 Å². The van der Waals surface area contributed by atoms with Gasteiger partial charge in [-0.25, -0.2) is 9.79 Å². The number of aliphatic imine (C=N–C) groups is 1. The molecule has 2 heterocycles. The number of rotatable bonds is 7. The average Bonchev–Trinajstić information content (AvgIpc) is 3.05. The summed E-state index contributed by atoms with van der Waals surface area (Å²) in [6.07, 6.45) is 0.684. The van der Waals surface area contributed by atoms with E-state index in [1.54, 1.807) is 18.9 Å². The molecular formula is C22H28N2O5S. The number of amides is 1. The monoisotopic (exact) mass is 432 g/mol. The number of methoxy groups -OCH3 is 2. The van der Waals surface area contributed by atoms with Crippen LogP contribution in [0.3, 0.4) is 0 Å². The zero-order chi connectivity index (χ0) is 22.0. The molecule has 0 aliphatic carbocycles. The molecule has 162 valence electrons. The molecule has 0 aromatic heterocycles. The van der Waals surface area contributed by atoms with Crippen molar-refractivity contribution in [1.29, 1.82) is 0 Å². The van der Waals surface area contributed by atoms with Gasteiger partial charge < -0.3 is 14.2 Å². The minimum absolute atomic E-state index is 0.0562. The summed E-state index contributed by atoms with van der Waals surface area (Å²) in [6.45, 7) is 8.43. The van der Waals surface area contributed by atoms with E-state index in [0.717, 1.165) is 5.56 Å². The summed E-state index contributed by atoms with van der Waals surface area (Å²) in [7, 11) is 2.90. The lowest BCUT2D eigenvalue weighted by molar-refractivity contribution is -0.137. The molecule has 3 rings (SSSR count). The van der Waals surface area contributed by atoms with Crippen LogP contribution in [0.1, 0.15) is 45.7 Å². The number of carbonyl (C=O) groups is 2. The molecule has 7 nitrogen and oxygen atoms in total. The number of amidine groups is 1. The Morgan fingerprint density at radius 2 is 2.00 bits per heavy atom. The first-order valence-corrected chi connectivity index (χ1v) is 10.9. The molecule has 0 spiro atoms. The molecule has 8 heteroatoms. The van der Waals surface area contributed by atoms with Crippen molar-refractivity contribution in [2.45, 2.75) is 45.4 Å². The first-order chi connectivity index (χ1) is 14.3. The molecule has 0 radical (unpaired) electrons. The van der Waals surface area contributed by atoms with E-state index in [4.69, 9.17) is 14.2 Å². The average molecular weight is 433 g/mol. The first-order valence-electron chi connectivity index (χ1n) is 10.0. The zero-order valence-electron chi connectivity index (χ0n) is 18.2. The van der Waals surface area contributed by atoms with Crippen molar-refractivity contribution in [2.24, 2.45) is 10.9 Å². The Hall–Kier alpha value is -2.48. The molecule has 1 fully saturated rings. The number of allylic oxidation sites excluding steroid dienone is 1. The highest BCUT2D eigenvalue weighted by Gasteiger charge is 2.47. The van der Waals surface area contributed by atoms with Gasteiger partial charge in [0, 0.05) is 0 Å². The molecule has 2 unspecified atom stereocenters. The Labute approximate surface area is 181 Å². The number of carbonyl (C=O) groups excluding carboxylic acids is 2. The lowest BCUT2D eigenvalue weighted by Crippen LogP contribution is -2.40. The number of hydrogen-bond acceptors (Lipinski definition) is 7. The molecule has 2 aliphatic rings. The second-order valence-electron chi connectivity index (χ2n) is 7.63. The molecule has 0 N–H and O–H groups in total. The number of thioether (sulfide) groups is 1. The first kappa shape index (κ1) is 22.2. The van der Waals surface area contributed by atoms with Crippen LogP contribution in [0.2, 0.25) is 0 Å². The maximum Gasteiger partial charge on any atom is 0.338 e. The zero-order valence-corrected chi connectivity index (χ0v) is 19.0. The van der Waals surface area contributed by atoms with Crippen LogP contribution in [0, 0.1) is 5.92 Å². The number of nitrogens with zero attached hydrogens (tertiary/aromatic N) is 2. The lowest BCUT2D eigenvalue weighted by atomic mass is 9.94. The number of esters is 1. The van der Waals surface area contributed by atoms with E-state index in [1.807, 2.05) is 25.1 Å². The Morgan fingerprint density at radius 3 is 2.60 bits per heavy atom. The number of fused-ring (bicyclic) bond motifs is 1. The minimum Gasteiger partial charge on any atom is -0.493 e. The highest BCUT2D eigenvalue weighted by atomic mass is 32.2. The van der Waals surface area contributed by atoms with Gasteiger partial charge in [-0.15, -0.1) is 0 Å². The number of benzene rings is 1. The highest BCUT2D eigenvalue weighted by Crippen LogP contribution is 2.45. The van der Waals surface area contributed by atoms with Crippen LogP contribution < -0.4 is 9.47 Å². The summed E-state index contributed by atoms with van der Waals surface area (Å²) in [6, 6.07) is 4.86. The van der Waals surface area contributed by atoms with Crippen LogP contribution in [0.4, 0.5) is 0 Å². The van der Waals surface area contributed by atoms with E-state index in [1.165, 1.54) is 18.9 Å². The Balaban J connectivity index is 2.09. The fourth-order valence-electron chi connectivity index (χ4n) is 3.51. The van der Waals surface area contributed by atoms with E-state index in [9.17, 15) is 9.59 Å². The van der Waals surface area contributed by atoms with Gasteiger partial charge in [0.15, 0.2) is 16.7 Å². The lowest BCUT2D eigenvalue weighted by Gasteiger charge is -2.33. The van der Waals surface area contributed by atoms with Gasteiger partial charge in [0.05, 0.1) is 43.4 Å². The molecule has 0 bridgehead atoms. The fraction of sp³-hybridized carbons (Fsp3) is 0.500. The molecule has 1 aromatic carbocycles. The molecule has 30 heavy (non-hydrogen) atoms. The van der Waals surface area contributed by atoms with E-state index in [2.05, 4.69) is 18.8 Å². The molecule has 2 aliphatic heterocycles. The summed E-state index contributed by atoms with van der Waals surface area (Å²) < 4.78 is 16.4. The second kappa shape index (κ2) is 9.12. The minimum atomic E-state index is -0.630. The normalized spacial score (nSPS) is 21.0. The molecule has 2 atom stereocenters. The quantitative estimate of drug-likeness (QED) is 0.608. The van der Waals surface area contributed by atoms with Gasteiger partial charge in [0.25, 0.3) is 0 Å². The van der Waals surface area contributed by atoms with Crippen molar-refractivity contribution in [2.75, 3.05) is 20.8 Å². The topological polar surface area (TPSA) is 77.4 Å². The molecule has 1 saturated heterocycles. The Morgan fingerprint density at radius 1 is 1.27 bits per heavy atom. The van der Waals surface area contributed by atoms with Crippen molar-refractivity contribution in [1.82, 2.24) is 4.90 Å². The predicted octanol–water partition coefficient (Wildman–Crippen LogP) is 3.94. The second-order valence-corrected chi connectivity index (χ2v) is 8.80. The van der Waals surface area contributed by atoms with Crippen LogP contribution in [0.15, 0.2) is 34.5 Å². The molecular weight excluding hydrogens is 404 g/mol. The van der Waals surface area contributed by atoms with Crippen molar-refractivity contribution in [3.8, 4) is 11.5 Å². The van der Waals surface area contributed by atoms with E-state index >= 15 is 0 Å². The van der Waals surface area contributed by atoms with Gasteiger partial charge in [-0.1, -0.05) is 38.6 Å². The van der Waals surface area contributed by atoms with Crippen LogP contribution in [-0.2, 0) is 14.3 Å². The standard InChI is InChI=1S/C22H28N2O5S/c1-7-17-20(25)24-19(18(21(26)28-6)13(4)23-22(24)30-17)14-8-9-15(16(10-14)27-5)29-11-12(2)3/h8-10,12,17,19H,7,11H2,1-6H3. The van der Waals surface area contributed by atoms with E-state index in [-0.39, 0.29) is 11.2 Å². The number of ether oxygens (including phenoxy) is 3. The van der Waals surface area contributed by atoms with Crippen LogP contribution in [-0.4, -0.2) is 48.0 Å². The smallest absolute Gasteiger partial charge is 0.338 e. The largest absolute Gasteiger partial charge is 0.493 e. The van der Waals surface area contributed by atoms with Crippen LogP contribution in [0.25, 0.3) is 0 Å². The van der Waals surface area contributed by atoms with Crippen molar-refractivity contribution < 1.29 is 23.8 Å². The van der Waals surface area contributed by atoms with Gasteiger partial charge >= 0.3 is 5.97 Å². The summed E-state index contributed by atoms with van der Waals surface area (Å²) >= 11 is 1.43. The fourth-order valence-corrected chi connectivity index (χ4v) is 4.64. The Bertz CT molecular complexity index is 909. The third kappa shape index (κ3) is 4.05. The van der Waals surface area contributed by atoms with Crippen LogP contribution in [0.5, 0.6) is 11.5 Å². The van der Waals surface area contributed by atoms with Gasteiger partial charge in [-0.05, 0) is 37.0 Å². The Kier molecular flexibility index (Phi) is 6.75. The summed E-state index contributed by atoms with van der Waals surface area (Å²) in [5, 5.41) is 0.396. The van der Waals surface area contributed by atoms with Crippen LogP contribution >= 0.6 is 11.8 Å². The van der Waals surface area contributed by atoms with Gasteiger partial charge in [-0.2, -0.15) is 0 Å². The highest BCUT2D eigenvalue weighted by molar-refractivity contribution is 8.15. The summed E-state index contributed by atoms with van der Waals surface area (Å²) in [5.74, 6) is 0.976. The van der Waals surface area contributed by atoms with Gasteiger partial charge in [-0.3, -0.25) is 9.69 Å². The SMILES string of the molecule is CCC1SC2=NC(C)=C(C(=O)OC)C(c3ccc(OCC(C)C)c(OC)c3)N2C1=O. The third-order valence-corrected chi connectivity index (χ3v) is 6.32. The third-order valence-electron chi connectivity index (χ3n) is 5.00.